The predicted octanol–water partition coefficient (Wildman–Crippen LogP) is 4.23. The van der Waals surface area contributed by atoms with Gasteiger partial charge in [0, 0.05) is 48.2 Å². The Hall–Kier alpha value is -2.27. The monoisotopic (exact) mass is 310 g/mol. The molecule has 3 rings (SSSR count). The summed E-state index contributed by atoms with van der Waals surface area (Å²) in [5, 5.41) is 4.60. The number of nitrogens with zero attached hydrogens (tertiary/aromatic N) is 3. The normalized spacial score (nSPS) is 10.6. The molecule has 0 bridgehead atoms. The first kappa shape index (κ1) is 14.7. The van der Waals surface area contributed by atoms with Crippen molar-refractivity contribution in [2.75, 3.05) is 10.5 Å². The van der Waals surface area contributed by atoms with Crippen molar-refractivity contribution in [3.05, 3.63) is 55.0 Å². The molecule has 5 heteroatoms. The molecule has 0 aliphatic rings. The highest BCUT2D eigenvalue weighted by molar-refractivity contribution is 8.00. The summed E-state index contributed by atoms with van der Waals surface area (Å²) in [6.45, 7) is 2.13. The van der Waals surface area contributed by atoms with Crippen LogP contribution < -0.4 is 4.72 Å². The van der Waals surface area contributed by atoms with Crippen molar-refractivity contribution in [3.8, 4) is 22.4 Å². The topological polar surface area (TPSA) is 42.7 Å². The first-order valence-corrected chi connectivity index (χ1v) is 8.18. The maximum atomic E-state index is 4.60. The number of benzene rings is 1. The van der Waals surface area contributed by atoms with Crippen LogP contribution in [0.4, 0.5) is 5.69 Å². The summed E-state index contributed by atoms with van der Waals surface area (Å²) in [4.78, 5) is 4.08. The van der Waals surface area contributed by atoms with Crippen molar-refractivity contribution in [3.63, 3.8) is 0 Å². The van der Waals surface area contributed by atoms with Gasteiger partial charge in [-0.05, 0) is 29.8 Å². The maximum absolute atomic E-state index is 4.60. The number of rotatable bonds is 5. The molecule has 22 heavy (non-hydrogen) atoms. The molecule has 0 saturated heterocycles. The lowest BCUT2D eigenvalue weighted by atomic mass is 10.0. The van der Waals surface area contributed by atoms with Gasteiger partial charge in [-0.15, -0.1) is 0 Å². The molecule has 0 unspecified atom stereocenters. The summed E-state index contributed by atoms with van der Waals surface area (Å²) >= 11 is 1.69. The lowest BCUT2D eigenvalue weighted by Gasteiger charge is -2.06. The lowest BCUT2D eigenvalue weighted by Crippen LogP contribution is -1.88. The molecule has 0 radical (unpaired) electrons. The Morgan fingerprint density at radius 2 is 1.77 bits per heavy atom. The molecular weight excluding hydrogens is 292 g/mol. The van der Waals surface area contributed by atoms with Gasteiger partial charge in [0.2, 0.25) is 0 Å². The van der Waals surface area contributed by atoms with Crippen molar-refractivity contribution in [1.82, 2.24) is 14.8 Å². The minimum Gasteiger partial charge on any atom is -0.330 e. The molecule has 2 aromatic heterocycles. The highest BCUT2D eigenvalue weighted by Crippen LogP contribution is 2.31. The van der Waals surface area contributed by atoms with Gasteiger partial charge in [0.05, 0.1) is 0 Å². The van der Waals surface area contributed by atoms with Crippen LogP contribution in [0.25, 0.3) is 22.4 Å². The quantitative estimate of drug-likeness (QED) is 0.716. The molecule has 3 aromatic rings. The van der Waals surface area contributed by atoms with E-state index >= 15 is 0 Å². The summed E-state index contributed by atoms with van der Waals surface area (Å²) in [6, 6.07) is 12.4. The molecule has 0 fully saturated rings. The molecular formula is C17H18N4S. The van der Waals surface area contributed by atoms with Crippen LogP contribution in [0, 0.1) is 0 Å². The van der Waals surface area contributed by atoms with E-state index in [1.807, 2.05) is 23.9 Å². The molecule has 0 aliphatic heterocycles. The van der Waals surface area contributed by atoms with Crippen LogP contribution in [0.5, 0.6) is 0 Å². The number of pyridine rings is 1. The molecule has 0 saturated carbocycles. The third-order valence-electron chi connectivity index (χ3n) is 3.31. The molecule has 1 aromatic carbocycles. The van der Waals surface area contributed by atoms with Crippen molar-refractivity contribution in [1.29, 1.82) is 0 Å². The highest BCUT2D eigenvalue weighted by Gasteiger charge is 2.11. The SMILES string of the molecule is CCSNc1ccc(-c2cn(C)nc2-c2ccncc2)cc1. The number of anilines is 1. The van der Waals surface area contributed by atoms with Gasteiger partial charge in [-0.2, -0.15) is 5.10 Å². The van der Waals surface area contributed by atoms with Crippen LogP contribution in [0.2, 0.25) is 0 Å². The van der Waals surface area contributed by atoms with E-state index in [0.29, 0.717) is 0 Å². The zero-order chi connectivity index (χ0) is 15.4. The number of hydrogen-bond acceptors (Lipinski definition) is 4. The average Bonchev–Trinajstić information content (AvgIpc) is 2.96. The van der Waals surface area contributed by atoms with Gasteiger partial charge in [0.1, 0.15) is 5.69 Å². The first-order valence-electron chi connectivity index (χ1n) is 7.20. The van der Waals surface area contributed by atoms with E-state index in [9.17, 15) is 0 Å². The molecule has 112 valence electrons. The molecule has 0 spiro atoms. The van der Waals surface area contributed by atoms with Crippen molar-refractivity contribution in [2.24, 2.45) is 7.05 Å². The Kier molecular flexibility index (Phi) is 4.44. The number of nitrogens with one attached hydrogen (secondary N) is 1. The van der Waals surface area contributed by atoms with Crippen molar-refractivity contribution >= 4 is 17.6 Å². The minimum absolute atomic E-state index is 0.980. The fourth-order valence-corrected chi connectivity index (χ4v) is 2.74. The molecule has 4 nitrogen and oxygen atoms in total. The molecule has 0 aliphatic carbocycles. The smallest absolute Gasteiger partial charge is 0.100 e. The van der Waals surface area contributed by atoms with Crippen LogP contribution >= 0.6 is 11.9 Å². The predicted molar refractivity (Wildman–Crippen MR) is 93.6 cm³/mol. The van der Waals surface area contributed by atoms with E-state index in [2.05, 4.69) is 52.2 Å². The summed E-state index contributed by atoms with van der Waals surface area (Å²) in [5.41, 5.74) is 5.46. The summed E-state index contributed by atoms with van der Waals surface area (Å²) in [5.74, 6) is 1.04. The fourth-order valence-electron chi connectivity index (χ4n) is 2.30. The molecule has 2 heterocycles. The number of hydrogen-bond donors (Lipinski definition) is 1. The number of aromatic nitrogens is 3. The zero-order valence-corrected chi connectivity index (χ0v) is 13.5. The Morgan fingerprint density at radius 3 is 2.45 bits per heavy atom. The van der Waals surface area contributed by atoms with Gasteiger partial charge in [-0.3, -0.25) is 9.67 Å². The second kappa shape index (κ2) is 6.66. The van der Waals surface area contributed by atoms with E-state index in [1.54, 1.807) is 24.3 Å². The minimum atomic E-state index is 0.980. The van der Waals surface area contributed by atoms with Crippen LogP contribution in [0.1, 0.15) is 6.92 Å². The summed E-state index contributed by atoms with van der Waals surface area (Å²) in [7, 11) is 1.95. The maximum Gasteiger partial charge on any atom is 0.100 e. The van der Waals surface area contributed by atoms with Crippen molar-refractivity contribution < 1.29 is 0 Å². The van der Waals surface area contributed by atoms with Gasteiger partial charge in [-0.25, -0.2) is 0 Å². The zero-order valence-electron chi connectivity index (χ0n) is 12.7. The standard InChI is InChI=1S/C17H18N4S/c1-3-22-20-15-6-4-13(5-7-15)16-12-21(2)19-17(16)14-8-10-18-11-9-14/h4-12,20H,3H2,1-2H3. The largest absolute Gasteiger partial charge is 0.330 e. The van der Waals surface area contributed by atoms with Gasteiger partial charge >= 0.3 is 0 Å². The third kappa shape index (κ3) is 3.14. The van der Waals surface area contributed by atoms with Crippen molar-refractivity contribution in [2.45, 2.75) is 6.92 Å². The van der Waals surface area contributed by atoms with E-state index in [1.165, 1.54) is 0 Å². The van der Waals surface area contributed by atoms with Gasteiger partial charge in [0.15, 0.2) is 0 Å². The van der Waals surface area contributed by atoms with Crippen LogP contribution in [-0.4, -0.2) is 20.5 Å². The average molecular weight is 310 g/mol. The van der Waals surface area contributed by atoms with E-state index < -0.39 is 0 Å². The second-order valence-corrected chi connectivity index (χ2v) is 5.98. The van der Waals surface area contributed by atoms with Gasteiger partial charge in [0.25, 0.3) is 0 Å². The Labute approximate surface area is 134 Å². The summed E-state index contributed by atoms with van der Waals surface area (Å²) < 4.78 is 5.16. The van der Waals surface area contributed by atoms with E-state index in [4.69, 9.17) is 0 Å². The third-order valence-corrected chi connectivity index (χ3v) is 3.98. The Balaban J connectivity index is 1.95. The molecule has 0 amide bonds. The highest BCUT2D eigenvalue weighted by atomic mass is 32.2. The van der Waals surface area contributed by atoms with E-state index in [0.717, 1.165) is 33.8 Å². The summed E-state index contributed by atoms with van der Waals surface area (Å²) in [6.07, 6.45) is 5.64. The first-order chi connectivity index (χ1) is 10.8. The second-order valence-electron chi connectivity index (χ2n) is 4.91. The van der Waals surface area contributed by atoms with Crippen LogP contribution in [-0.2, 0) is 7.05 Å². The molecule has 1 N–H and O–H groups in total. The Bertz CT molecular complexity index is 735. The number of aryl methyl sites for hydroxylation is 1. The lowest BCUT2D eigenvalue weighted by molar-refractivity contribution is 0.771. The van der Waals surface area contributed by atoms with E-state index in [-0.39, 0.29) is 0 Å². The van der Waals surface area contributed by atoms with Gasteiger partial charge in [-0.1, -0.05) is 31.0 Å². The van der Waals surface area contributed by atoms with Crippen LogP contribution in [0.15, 0.2) is 55.0 Å². The van der Waals surface area contributed by atoms with Crippen LogP contribution in [0.3, 0.4) is 0 Å². The van der Waals surface area contributed by atoms with Gasteiger partial charge < -0.3 is 4.72 Å². The Morgan fingerprint density at radius 1 is 1.05 bits per heavy atom. The fraction of sp³-hybridized carbons (Fsp3) is 0.176. The molecule has 0 atom stereocenters.